The Bertz CT molecular complexity index is 1710. The maximum atomic E-state index is 14.9. The third-order valence-electron chi connectivity index (χ3n) is 5.74. The van der Waals surface area contributed by atoms with Gasteiger partial charge in [-0.1, -0.05) is 0 Å². The molecular formula is C24H3F12N3O6. The Balaban J connectivity index is 2.25. The molecule has 0 aliphatic carbocycles. The summed E-state index contributed by atoms with van der Waals surface area (Å²) >= 11 is 0. The van der Waals surface area contributed by atoms with Gasteiger partial charge in [0.25, 0.3) is 0 Å². The number of carboxylic acids is 3. The lowest BCUT2D eigenvalue weighted by molar-refractivity contribution is 0.0672. The third-order valence-corrected chi connectivity index (χ3v) is 5.74. The Morgan fingerprint density at radius 1 is 0.333 bits per heavy atom. The fraction of sp³-hybridized carbons (Fsp3) is 0. The van der Waals surface area contributed by atoms with E-state index in [-0.39, 0.29) is 0 Å². The van der Waals surface area contributed by atoms with E-state index in [0.717, 1.165) is 0 Å². The molecule has 0 saturated heterocycles. The first kappa shape index (κ1) is 32.2. The Kier molecular flexibility index (Phi) is 7.91. The lowest BCUT2D eigenvalue weighted by Gasteiger charge is -2.14. The van der Waals surface area contributed by atoms with Gasteiger partial charge in [0.15, 0.2) is 87.3 Å². The maximum absolute atomic E-state index is 14.9. The van der Waals surface area contributed by atoms with Gasteiger partial charge in [-0.15, -0.1) is 0 Å². The molecule has 45 heavy (non-hydrogen) atoms. The van der Waals surface area contributed by atoms with E-state index in [1.54, 1.807) is 0 Å². The van der Waals surface area contributed by atoms with Gasteiger partial charge in [-0.05, 0) is 0 Å². The summed E-state index contributed by atoms with van der Waals surface area (Å²) in [7, 11) is 0. The number of rotatable bonds is 6. The molecule has 0 amide bonds. The second-order valence-electron chi connectivity index (χ2n) is 8.24. The average Bonchev–Trinajstić information content (AvgIpc) is 2.94. The normalized spacial score (nSPS) is 11.2. The molecule has 0 radical (unpaired) electrons. The number of benzene rings is 3. The summed E-state index contributed by atoms with van der Waals surface area (Å²) in [4.78, 5) is 42.0. The van der Waals surface area contributed by atoms with E-state index in [2.05, 4.69) is 15.0 Å². The second kappa shape index (κ2) is 11.1. The highest BCUT2D eigenvalue weighted by Crippen LogP contribution is 2.37. The zero-order valence-electron chi connectivity index (χ0n) is 20.4. The van der Waals surface area contributed by atoms with Crippen molar-refractivity contribution in [3.8, 4) is 34.2 Å². The monoisotopic (exact) mass is 657 g/mol. The van der Waals surface area contributed by atoms with Crippen molar-refractivity contribution in [1.82, 2.24) is 15.0 Å². The molecule has 3 aromatic carbocycles. The summed E-state index contributed by atoms with van der Waals surface area (Å²) < 4.78 is 176. The number of hydrogen-bond acceptors (Lipinski definition) is 6. The highest BCUT2D eigenvalue weighted by atomic mass is 19.2. The fourth-order valence-corrected chi connectivity index (χ4v) is 3.76. The van der Waals surface area contributed by atoms with Gasteiger partial charge in [-0.25, -0.2) is 82.0 Å². The molecule has 21 heteroatoms. The summed E-state index contributed by atoms with van der Waals surface area (Å²) in [5.74, 6) is -46.5. The summed E-state index contributed by atoms with van der Waals surface area (Å²) in [6.07, 6.45) is 0. The lowest BCUT2D eigenvalue weighted by atomic mass is 10.0. The molecule has 1 heterocycles. The highest BCUT2D eigenvalue weighted by molar-refractivity contribution is 5.91. The van der Waals surface area contributed by atoms with Crippen LogP contribution in [0.25, 0.3) is 34.2 Å². The molecule has 0 atom stereocenters. The largest absolute Gasteiger partial charge is 0.477 e. The van der Waals surface area contributed by atoms with Crippen LogP contribution in [0, 0.1) is 69.8 Å². The predicted molar refractivity (Wildman–Crippen MR) is 117 cm³/mol. The third kappa shape index (κ3) is 4.80. The molecule has 9 nitrogen and oxygen atoms in total. The first-order chi connectivity index (χ1) is 20.8. The molecule has 0 unspecified atom stereocenters. The molecule has 234 valence electrons. The van der Waals surface area contributed by atoms with Crippen molar-refractivity contribution in [2.45, 2.75) is 0 Å². The van der Waals surface area contributed by atoms with E-state index in [1.807, 2.05) is 0 Å². The van der Waals surface area contributed by atoms with E-state index in [9.17, 15) is 67.1 Å². The van der Waals surface area contributed by atoms with Crippen LogP contribution in [0.3, 0.4) is 0 Å². The van der Waals surface area contributed by atoms with Crippen molar-refractivity contribution in [1.29, 1.82) is 0 Å². The first-order valence-corrected chi connectivity index (χ1v) is 10.9. The van der Waals surface area contributed by atoms with E-state index in [0.29, 0.717) is 0 Å². The van der Waals surface area contributed by atoms with E-state index >= 15 is 0 Å². The number of hydrogen-bond donors (Lipinski definition) is 3. The highest BCUT2D eigenvalue weighted by Gasteiger charge is 2.36. The van der Waals surface area contributed by atoms with Crippen molar-refractivity contribution < 1.29 is 82.4 Å². The van der Waals surface area contributed by atoms with Crippen LogP contribution >= 0.6 is 0 Å². The minimum Gasteiger partial charge on any atom is -0.477 e. The Morgan fingerprint density at radius 2 is 0.489 bits per heavy atom. The zero-order valence-corrected chi connectivity index (χ0v) is 20.4. The van der Waals surface area contributed by atoms with Crippen LogP contribution in [0.15, 0.2) is 0 Å². The number of nitrogens with zero attached hydrogens (tertiary/aromatic N) is 3. The second-order valence-corrected chi connectivity index (χ2v) is 8.24. The van der Waals surface area contributed by atoms with Gasteiger partial charge in [0.05, 0.1) is 16.7 Å². The molecule has 0 bridgehead atoms. The number of carbonyl (C=O) groups is 3. The SMILES string of the molecule is O=C(O)c1c(F)c(F)c(-c2nc(-c3c(F)c(F)c(C(=O)O)c(F)c3F)nc(-c3c(F)c(F)c(C(=O)O)c(F)c3F)n2)c(F)c1F. The van der Waals surface area contributed by atoms with Gasteiger partial charge in [-0.3, -0.25) is 0 Å². The van der Waals surface area contributed by atoms with Gasteiger partial charge < -0.3 is 15.3 Å². The predicted octanol–water partition coefficient (Wildman–Crippen LogP) is 5.64. The van der Waals surface area contributed by atoms with Gasteiger partial charge in [-0.2, -0.15) is 0 Å². The van der Waals surface area contributed by atoms with Gasteiger partial charge in [0, 0.05) is 0 Å². The molecule has 4 aromatic rings. The topological polar surface area (TPSA) is 151 Å². The summed E-state index contributed by atoms with van der Waals surface area (Å²) in [6, 6.07) is 0. The summed E-state index contributed by atoms with van der Waals surface area (Å²) in [5, 5.41) is 26.5. The summed E-state index contributed by atoms with van der Waals surface area (Å²) in [6.45, 7) is 0. The first-order valence-electron chi connectivity index (χ1n) is 10.9. The van der Waals surface area contributed by atoms with E-state index < -0.39 is 139 Å². The zero-order chi connectivity index (χ0) is 34.0. The molecule has 0 aliphatic rings. The van der Waals surface area contributed by atoms with Crippen LogP contribution in [-0.4, -0.2) is 48.2 Å². The van der Waals surface area contributed by atoms with Crippen molar-refractivity contribution in [3.05, 3.63) is 86.5 Å². The van der Waals surface area contributed by atoms with Gasteiger partial charge in [0.2, 0.25) is 0 Å². The number of carboxylic acid groups (broad SMARTS) is 3. The standard InChI is InChI=1S/C24H3F12N3O6/c25-7-1(8(26)14(32)4(13(7)31)22(40)41)19-37-20(2-9(27)15(33)5(23(42)43)16(34)10(2)28)39-21(38-19)3-11(29)17(35)6(24(44)45)18(36)12(3)30/h(H,40,41)(H,42,43)(H,44,45). The van der Waals surface area contributed by atoms with Crippen molar-refractivity contribution in [2.75, 3.05) is 0 Å². The Labute approximate surface area is 236 Å². The van der Waals surface area contributed by atoms with Gasteiger partial charge >= 0.3 is 17.9 Å². The Morgan fingerprint density at radius 3 is 0.622 bits per heavy atom. The number of aromatic nitrogens is 3. The molecule has 0 aliphatic heterocycles. The minimum atomic E-state index is -2.73. The maximum Gasteiger partial charge on any atom is 0.341 e. The Hall–Kier alpha value is -5.76. The molecule has 4 rings (SSSR count). The molecular weight excluding hydrogens is 654 g/mol. The van der Waals surface area contributed by atoms with Crippen LogP contribution in [0.5, 0.6) is 0 Å². The number of halogens is 12. The van der Waals surface area contributed by atoms with E-state index in [4.69, 9.17) is 15.3 Å². The molecule has 0 fully saturated rings. The minimum absolute atomic E-state index is 2.04. The van der Waals surface area contributed by atoms with Crippen molar-refractivity contribution >= 4 is 17.9 Å². The van der Waals surface area contributed by atoms with E-state index in [1.165, 1.54) is 0 Å². The average molecular weight is 657 g/mol. The molecule has 3 N–H and O–H groups in total. The lowest BCUT2D eigenvalue weighted by Crippen LogP contribution is -2.16. The van der Waals surface area contributed by atoms with Crippen molar-refractivity contribution in [3.63, 3.8) is 0 Å². The quantitative estimate of drug-likeness (QED) is 0.177. The smallest absolute Gasteiger partial charge is 0.341 e. The fourth-order valence-electron chi connectivity index (χ4n) is 3.76. The van der Waals surface area contributed by atoms with Crippen LogP contribution in [0.4, 0.5) is 52.7 Å². The van der Waals surface area contributed by atoms with Crippen LogP contribution in [0.2, 0.25) is 0 Å². The summed E-state index contributed by atoms with van der Waals surface area (Å²) in [5.41, 5.74) is -13.6. The van der Waals surface area contributed by atoms with Crippen LogP contribution < -0.4 is 0 Å². The molecule has 0 saturated carbocycles. The van der Waals surface area contributed by atoms with Crippen LogP contribution in [-0.2, 0) is 0 Å². The van der Waals surface area contributed by atoms with Gasteiger partial charge in [0.1, 0.15) is 16.7 Å². The molecule has 1 aromatic heterocycles. The van der Waals surface area contributed by atoms with Crippen molar-refractivity contribution in [2.24, 2.45) is 0 Å². The number of aromatic carboxylic acids is 3. The molecule has 0 spiro atoms. The van der Waals surface area contributed by atoms with Crippen LogP contribution in [0.1, 0.15) is 31.1 Å².